The molecule has 1 saturated heterocycles. The van der Waals surface area contributed by atoms with Crippen molar-refractivity contribution in [3.05, 3.63) is 57.7 Å². The number of H-pyrrole nitrogens is 1. The number of fused-ring (bicyclic) bond motifs is 1. The first-order chi connectivity index (χ1) is 14.5. The Morgan fingerprint density at radius 1 is 1.10 bits per heavy atom. The summed E-state index contributed by atoms with van der Waals surface area (Å²) in [5.41, 5.74) is 1.60. The maximum Gasteiger partial charge on any atom is 0.277 e. The Kier molecular flexibility index (Phi) is 5.96. The minimum Gasteiger partial charge on any atom is -0.444 e. The number of carbonyl (C=O) groups is 1. The zero-order valence-electron chi connectivity index (χ0n) is 17.4. The Labute approximate surface area is 174 Å². The molecule has 0 saturated carbocycles. The third-order valence-corrected chi connectivity index (χ3v) is 5.55. The van der Waals surface area contributed by atoms with E-state index in [0.29, 0.717) is 22.2 Å². The molecule has 2 N–H and O–H groups in total. The molecule has 30 heavy (non-hydrogen) atoms. The molecule has 3 aromatic rings. The van der Waals surface area contributed by atoms with Gasteiger partial charge >= 0.3 is 0 Å². The standard InChI is InChI=1S/C22H27N5O3/c1-15-19-16(2)30-22(20(19)21(29)25-24-15)23-18(28)14-27-10-6-9-26(11-12-27)13-17-7-4-3-5-8-17/h3-5,7-8H,6,9-14H2,1-2H3,(H,23,28)(H,25,29). The average molecular weight is 409 g/mol. The van der Waals surface area contributed by atoms with Crippen LogP contribution in [0.1, 0.15) is 23.4 Å². The summed E-state index contributed by atoms with van der Waals surface area (Å²) in [4.78, 5) is 29.5. The number of aromatic amines is 1. The summed E-state index contributed by atoms with van der Waals surface area (Å²) in [6.45, 7) is 8.36. The SMILES string of the molecule is Cc1n[nH]c(=O)c2c(NC(=O)CN3CCCN(Cc4ccccc4)CC3)oc(C)c12. The van der Waals surface area contributed by atoms with E-state index in [9.17, 15) is 9.59 Å². The van der Waals surface area contributed by atoms with Gasteiger partial charge in [0, 0.05) is 19.6 Å². The fourth-order valence-electron chi connectivity index (χ4n) is 4.08. The van der Waals surface area contributed by atoms with Crippen molar-refractivity contribution in [2.75, 3.05) is 38.0 Å². The van der Waals surface area contributed by atoms with Crippen LogP contribution in [0.5, 0.6) is 0 Å². The summed E-state index contributed by atoms with van der Waals surface area (Å²) in [5.74, 6) is 0.582. The number of carbonyl (C=O) groups excluding carboxylic acids is 1. The average Bonchev–Trinajstić information content (AvgIpc) is 2.90. The van der Waals surface area contributed by atoms with Crippen LogP contribution in [-0.4, -0.2) is 58.6 Å². The Bertz CT molecular complexity index is 1090. The summed E-state index contributed by atoms with van der Waals surface area (Å²) in [7, 11) is 0. The molecule has 1 aromatic carbocycles. The molecule has 0 spiro atoms. The molecule has 8 nitrogen and oxygen atoms in total. The van der Waals surface area contributed by atoms with E-state index in [0.717, 1.165) is 39.1 Å². The van der Waals surface area contributed by atoms with Gasteiger partial charge in [-0.25, -0.2) is 5.10 Å². The first kappa shape index (κ1) is 20.3. The number of rotatable bonds is 5. The van der Waals surface area contributed by atoms with Gasteiger partial charge in [-0.2, -0.15) is 5.10 Å². The van der Waals surface area contributed by atoms with Crippen molar-refractivity contribution in [1.29, 1.82) is 0 Å². The van der Waals surface area contributed by atoms with Crippen molar-refractivity contribution in [2.45, 2.75) is 26.8 Å². The molecule has 1 fully saturated rings. The Balaban J connectivity index is 1.37. The number of furan rings is 1. The van der Waals surface area contributed by atoms with Crippen LogP contribution < -0.4 is 10.9 Å². The first-order valence-corrected chi connectivity index (χ1v) is 10.3. The van der Waals surface area contributed by atoms with Crippen molar-refractivity contribution in [3.8, 4) is 0 Å². The lowest BCUT2D eigenvalue weighted by Crippen LogP contribution is -2.36. The molecule has 0 bridgehead atoms. The van der Waals surface area contributed by atoms with E-state index < -0.39 is 0 Å². The number of nitrogens with zero attached hydrogens (tertiary/aromatic N) is 3. The number of aromatic nitrogens is 2. The lowest BCUT2D eigenvalue weighted by Gasteiger charge is -2.21. The minimum absolute atomic E-state index is 0.184. The summed E-state index contributed by atoms with van der Waals surface area (Å²) in [5, 5.41) is 10.2. The largest absolute Gasteiger partial charge is 0.444 e. The highest BCUT2D eigenvalue weighted by atomic mass is 16.4. The van der Waals surface area contributed by atoms with E-state index in [-0.39, 0.29) is 23.9 Å². The van der Waals surface area contributed by atoms with E-state index in [2.05, 4.69) is 49.6 Å². The lowest BCUT2D eigenvalue weighted by atomic mass is 10.2. The number of hydrogen-bond acceptors (Lipinski definition) is 6. The van der Waals surface area contributed by atoms with Crippen LogP contribution in [0.4, 0.5) is 5.88 Å². The molecule has 158 valence electrons. The number of amides is 1. The number of benzene rings is 1. The van der Waals surface area contributed by atoms with Gasteiger partial charge in [0.2, 0.25) is 11.8 Å². The van der Waals surface area contributed by atoms with E-state index in [1.807, 2.05) is 6.07 Å². The highest BCUT2D eigenvalue weighted by molar-refractivity contribution is 6.01. The molecule has 1 aliphatic heterocycles. The predicted octanol–water partition coefficient (Wildman–Crippen LogP) is 2.28. The van der Waals surface area contributed by atoms with E-state index in [4.69, 9.17) is 4.42 Å². The summed E-state index contributed by atoms with van der Waals surface area (Å²) >= 11 is 0. The lowest BCUT2D eigenvalue weighted by molar-refractivity contribution is -0.117. The van der Waals surface area contributed by atoms with Crippen molar-refractivity contribution >= 4 is 22.6 Å². The predicted molar refractivity (Wildman–Crippen MR) is 116 cm³/mol. The number of nitrogens with one attached hydrogen (secondary N) is 2. The molecule has 0 aliphatic carbocycles. The molecule has 2 aromatic heterocycles. The molecule has 0 unspecified atom stereocenters. The van der Waals surface area contributed by atoms with E-state index >= 15 is 0 Å². The first-order valence-electron chi connectivity index (χ1n) is 10.3. The van der Waals surface area contributed by atoms with Gasteiger partial charge in [0.15, 0.2) is 0 Å². The monoisotopic (exact) mass is 409 g/mol. The van der Waals surface area contributed by atoms with Crippen LogP contribution in [0.3, 0.4) is 0 Å². The fourth-order valence-corrected chi connectivity index (χ4v) is 4.08. The molecule has 0 radical (unpaired) electrons. The summed E-state index contributed by atoms with van der Waals surface area (Å²) in [6.07, 6.45) is 1.01. The van der Waals surface area contributed by atoms with Crippen LogP contribution in [0.15, 0.2) is 39.5 Å². The topological polar surface area (TPSA) is 94.5 Å². The summed E-state index contributed by atoms with van der Waals surface area (Å²) in [6, 6.07) is 10.4. The van der Waals surface area contributed by atoms with Gasteiger partial charge in [0.05, 0.1) is 17.6 Å². The Morgan fingerprint density at radius 3 is 2.63 bits per heavy atom. The third kappa shape index (κ3) is 4.44. The maximum absolute atomic E-state index is 12.7. The van der Waals surface area contributed by atoms with Crippen molar-refractivity contribution in [2.24, 2.45) is 0 Å². The molecule has 4 rings (SSSR count). The third-order valence-electron chi connectivity index (χ3n) is 5.55. The maximum atomic E-state index is 12.7. The van der Waals surface area contributed by atoms with E-state index in [1.165, 1.54) is 5.56 Å². The van der Waals surface area contributed by atoms with Gasteiger partial charge in [-0.15, -0.1) is 0 Å². The van der Waals surface area contributed by atoms with Crippen LogP contribution >= 0.6 is 0 Å². The Hall–Kier alpha value is -2.97. The second-order valence-electron chi connectivity index (χ2n) is 7.82. The second kappa shape index (κ2) is 8.81. The van der Waals surface area contributed by atoms with Gasteiger partial charge in [-0.05, 0) is 38.9 Å². The Morgan fingerprint density at radius 2 is 1.83 bits per heavy atom. The minimum atomic E-state index is -0.367. The quantitative estimate of drug-likeness (QED) is 0.671. The molecule has 1 amide bonds. The van der Waals surface area contributed by atoms with Crippen LogP contribution in [-0.2, 0) is 11.3 Å². The van der Waals surface area contributed by atoms with Crippen LogP contribution in [0, 0.1) is 13.8 Å². The molecule has 0 atom stereocenters. The van der Waals surface area contributed by atoms with E-state index in [1.54, 1.807) is 13.8 Å². The van der Waals surface area contributed by atoms with Gasteiger partial charge in [-0.3, -0.25) is 24.7 Å². The van der Waals surface area contributed by atoms with Crippen molar-refractivity contribution in [3.63, 3.8) is 0 Å². The highest BCUT2D eigenvalue weighted by Gasteiger charge is 2.21. The van der Waals surface area contributed by atoms with Gasteiger partial charge in [-0.1, -0.05) is 30.3 Å². The van der Waals surface area contributed by atoms with Gasteiger partial charge < -0.3 is 4.42 Å². The molecular weight excluding hydrogens is 382 g/mol. The van der Waals surface area contributed by atoms with Crippen molar-refractivity contribution in [1.82, 2.24) is 20.0 Å². The van der Waals surface area contributed by atoms with Gasteiger partial charge in [0.1, 0.15) is 11.1 Å². The molecule has 1 aliphatic rings. The molecule has 3 heterocycles. The van der Waals surface area contributed by atoms with Crippen molar-refractivity contribution < 1.29 is 9.21 Å². The highest BCUT2D eigenvalue weighted by Crippen LogP contribution is 2.28. The zero-order chi connectivity index (χ0) is 21.1. The second-order valence-corrected chi connectivity index (χ2v) is 7.82. The number of aryl methyl sites for hydroxylation is 2. The molecular formula is C22H27N5O3. The number of anilines is 1. The normalized spacial score (nSPS) is 15.9. The smallest absolute Gasteiger partial charge is 0.277 e. The zero-order valence-corrected chi connectivity index (χ0v) is 17.4. The fraction of sp³-hybridized carbons (Fsp3) is 0.409. The van der Waals surface area contributed by atoms with Gasteiger partial charge in [0.25, 0.3) is 5.56 Å². The molecule has 8 heteroatoms. The summed E-state index contributed by atoms with van der Waals surface area (Å²) < 4.78 is 5.68. The number of hydrogen-bond donors (Lipinski definition) is 2. The van der Waals surface area contributed by atoms with Crippen LogP contribution in [0.25, 0.3) is 10.8 Å². The van der Waals surface area contributed by atoms with Crippen LogP contribution in [0.2, 0.25) is 0 Å².